The van der Waals surface area contributed by atoms with Gasteiger partial charge in [-0.25, -0.2) is 5.01 Å². The molecule has 0 radical (unpaired) electrons. The molecule has 1 aliphatic heterocycles. The van der Waals surface area contributed by atoms with E-state index in [1.165, 1.54) is 5.01 Å². The van der Waals surface area contributed by atoms with Crippen molar-refractivity contribution in [3.8, 4) is 11.5 Å². The Morgan fingerprint density at radius 1 is 1.16 bits per heavy atom. The van der Waals surface area contributed by atoms with Gasteiger partial charge in [-0.3, -0.25) is 14.0 Å². The molecular weight excluding hydrogens is 412 g/mol. The second-order valence-corrected chi connectivity index (χ2v) is 7.33. The number of benzene rings is 1. The number of aryl methyl sites for hydroxylation is 1. The molecule has 0 saturated carbocycles. The fourth-order valence-corrected chi connectivity index (χ4v) is 3.43. The monoisotopic (exact) mass is 430 g/mol. The lowest BCUT2D eigenvalue weighted by Gasteiger charge is -2.12. The van der Waals surface area contributed by atoms with Gasteiger partial charge in [0.25, 0.3) is 17.7 Å². The first-order chi connectivity index (χ1) is 15.5. The third-order valence-corrected chi connectivity index (χ3v) is 4.96. The van der Waals surface area contributed by atoms with Crippen molar-refractivity contribution < 1.29 is 14.1 Å². The highest BCUT2D eigenvalue weighted by Gasteiger charge is 2.23. The lowest BCUT2D eigenvalue weighted by Crippen LogP contribution is -2.24. The Morgan fingerprint density at radius 2 is 1.97 bits per heavy atom. The molecular formula is C21H18N8O3. The van der Waals surface area contributed by atoms with Crippen molar-refractivity contribution in [3.63, 3.8) is 0 Å². The molecule has 1 aliphatic rings. The van der Waals surface area contributed by atoms with Crippen molar-refractivity contribution in [2.75, 3.05) is 5.01 Å². The number of carbonyl (C=O) groups excluding carboxylic acids is 2. The van der Waals surface area contributed by atoms with E-state index in [1.807, 2.05) is 12.1 Å². The van der Waals surface area contributed by atoms with Crippen LogP contribution in [0.15, 0.2) is 52.2 Å². The summed E-state index contributed by atoms with van der Waals surface area (Å²) in [7, 11) is 0. The highest BCUT2D eigenvalue weighted by molar-refractivity contribution is 6.12. The van der Waals surface area contributed by atoms with Crippen molar-refractivity contribution in [2.24, 2.45) is 5.10 Å². The maximum atomic E-state index is 12.6. The summed E-state index contributed by atoms with van der Waals surface area (Å²) in [5.41, 5.74) is 3.04. The number of hydrogen-bond donors (Lipinski definition) is 1. The minimum atomic E-state index is -0.274. The largest absolute Gasteiger partial charge is 0.345 e. The number of rotatable bonds is 5. The van der Waals surface area contributed by atoms with Gasteiger partial charge in [0.1, 0.15) is 0 Å². The highest BCUT2D eigenvalue weighted by Crippen LogP contribution is 2.23. The molecule has 0 saturated heterocycles. The molecule has 0 atom stereocenters. The molecule has 160 valence electrons. The average Bonchev–Trinajstić information content (AvgIpc) is 3.50. The lowest BCUT2D eigenvalue weighted by molar-refractivity contribution is -0.116. The minimum absolute atomic E-state index is 0.0894. The van der Waals surface area contributed by atoms with Crippen LogP contribution in [0.5, 0.6) is 0 Å². The zero-order chi connectivity index (χ0) is 22.2. The smallest absolute Gasteiger partial charge is 0.261 e. The number of amides is 2. The first-order valence-corrected chi connectivity index (χ1v) is 9.88. The Labute approximate surface area is 181 Å². The standard InChI is InChI=1S/C21H18N8O3/c1-12-10-18(30)29(26-12)15-7-5-14(6-8-15)20(31)22-11-17-24-25-19-16(4-3-9-28(17)19)21-23-13(2)27-32-21/h3-9H,10-11H2,1-2H3,(H,22,31). The van der Waals surface area contributed by atoms with Crippen molar-refractivity contribution in [3.05, 3.63) is 59.8 Å². The molecule has 0 unspecified atom stereocenters. The summed E-state index contributed by atoms with van der Waals surface area (Å²) in [5, 5.41) is 20.6. The van der Waals surface area contributed by atoms with Gasteiger partial charge in [0.05, 0.1) is 24.2 Å². The van der Waals surface area contributed by atoms with E-state index in [0.717, 1.165) is 5.71 Å². The predicted molar refractivity (Wildman–Crippen MR) is 114 cm³/mol. The van der Waals surface area contributed by atoms with E-state index in [-0.39, 0.29) is 18.4 Å². The fraction of sp³-hybridized carbons (Fsp3) is 0.190. The fourth-order valence-electron chi connectivity index (χ4n) is 3.43. The first kappa shape index (κ1) is 19.5. The number of pyridine rings is 1. The number of hydrazone groups is 1. The summed E-state index contributed by atoms with van der Waals surface area (Å²) in [4.78, 5) is 28.8. The van der Waals surface area contributed by atoms with Gasteiger partial charge in [-0.2, -0.15) is 10.1 Å². The number of carbonyl (C=O) groups is 2. The summed E-state index contributed by atoms with van der Waals surface area (Å²) >= 11 is 0. The number of hydrogen-bond acceptors (Lipinski definition) is 8. The van der Waals surface area contributed by atoms with Gasteiger partial charge < -0.3 is 9.84 Å². The van der Waals surface area contributed by atoms with Crippen LogP contribution in [0.3, 0.4) is 0 Å². The summed E-state index contributed by atoms with van der Waals surface area (Å²) in [6.45, 7) is 3.71. The Hall–Kier alpha value is -4.41. The van der Waals surface area contributed by atoms with Gasteiger partial charge in [0.15, 0.2) is 17.3 Å². The SMILES string of the molecule is CC1=NN(c2ccc(C(=O)NCc3nnc4c(-c5nc(C)no5)cccn34)cc2)C(=O)C1. The quantitative estimate of drug-likeness (QED) is 0.513. The Balaban J connectivity index is 1.31. The van der Waals surface area contributed by atoms with Crippen molar-refractivity contribution in [2.45, 2.75) is 26.8 Å². The van der Waals surface area contributed by atoms with Crippen LogP contribution in [0.1, 0.15) is 35.4 Å². The van der Waals surface area contributed by atoms with E-state index in [4.69, 9.17) is 4.52 Å². The first-order valence-electron chi connectivity index (χ1n) is 9.88. The van der Waals surface area contributed by atoms with Crippen LogP contribution in [0.25, 0.3) is 17.1 Å². The Morgan fingerprint density at radius 3 is 2.66 bits per heavy atom. The molecule has 11 heteroatoms. The molecule has 32 heavy (non-hydrogen) atoms. The van der Waals surface area contributed by atoms with Crippen LogP contribution in [0.4, 0.5) is 5.69 Å². The van der Waals surface area contributed by atoms with Gasteiger partial charge in [0.2, 0.25) is 0 Å². The third kappa shape index (κ3) is 3.49. The van der Waals surface area contributed by atoms with Crippen LogP contribution >= 0.6 is 0 Å². The topological polar surface area (TPSA) is 131 Å². The van der Waals surface area contributed by atoms with Crippen LogP contribution in [0, 0.1) is 6.92 Å². The Bertz CT molecular complexity index is 1370. The summed E-state index contributed by atoms with van der Waals surface area (Å²) in [5.74, 6) is 1.07. The molecule has 3 aromatic heterocycles. The molecule has 2 amide bonds. The second kappa shape index (κ2) is 7.69. The minimum Gasteiger partial charge on any atom is -0.345 e. The van der Waals surface area contributed by atoms with Gasteiger partial charge in [-0.05, 0) is 50.2 Å². The predicted octanol–water partition coefficient (Wildman–Crippen LogP) is 2.13. The van der Waals surface area contributed by atoms with E-state index >= 15 is 0 Å². The second-order valence-electron chi connectivity index (χ2n) is 7.33. The van der Waals surface area contributed by atoms with Crippen LogP contribution in [-0.4, -0.2) is 42.3 Å². The maximum Gasteiger partial charge on any atom is 0.261 e. The number of fused-ring (bicyclic) bond motifs is 1. The molecule has 0 bridgehead atoms. The summed E-state index contributed by atoms with van der Waals surface area (Å²) in [6, 6.07) is 10.3. The van der Waals surface area contributed by atoms with E-state index < -0.39 is 0 Å². The molecule has 0 aliphatic carbocycles. The van der Waals surface area contributed by atoms with E-state index in [1.54, 1.807) is 48.7 Å². The normalized spacial score (nSPS) is 13.6. The molecule has 11 nitrogen and oxygen atoms in total. The van der Waals surface area contributed by atoms with Gasteiger partial charge >= 0.3 is 0 Å². The van der Waals surface area contributed by atoms with Crippen molar-refractivity contribution in [1.82, 2.24) is 30.1 Å². The van der Waals surface area contributed by atoms with Crippen LogP contribution in [0.2, 0.25) is 0 Å². The number of aromatic nitrogens is 5. The molecule has 0 fully saturated rings. The zero-order valence-corrected chi connectivity index (χ0v) is 17.3. The molecule has 1 aromatic carbocycles. The molecule has 5 rings (SSSR count). The highest BCUT2D eigenvalue weighted by atomic mass is 16.5. The maximum absolute atomic E-state index is 12.6. The van der Waals surface area contributed by atoms with Crippen molar-refractivity contribution in [1.29, 1.82) is 0 Å². The van der Waals surface area contributed by atoms with E-state index in [9.17, 15) is 9.59 Å². The summed E-state index contributed by atoms with van der Waals surface area (Å²) < 4.78 is 7.00. The molecule has 4 heterocycles. The number of nitrogens with zero attached hydrogens (tertiary/aromatic N) is 7. The van der Waals surface area contributed by atoms with Gasteiger partial charge in [-0.1, -0.05) is 5.16 Å². The van der Waals surface area contributed by atoms with Crippen molar-refractivity contribution >= 4 is 28.9 Å². The van der Waals surface area contributed by atoms with E-state index in [0.29, 0.717) is 46.4 Å². The zero-order valence-electron chi connectivity index (χ0n) is 17.3. The number of anilines is 1. The van der Waals surface area contributed by atoms with Crippen LogP contribution in [-0.2, 0) is 11.3 Å². The third-order valence-electron chi connectivity index (χ3n) is 4.96. The Kier molecular flexibility index (Phi) is 4.70. The van der Waals surface area contributed by atoms with E-state index in [2.05, 4.69) is 30.8 Å². The van der Waals surface area contributed by atoms with Crippen LogP contribution < -0.4 is 10.3 Å². The number of nitrogens with one attached hydrogen (secondary N) is 1. The van der Waals surface area contributed by atoms with Gasteiger partial charge in [0, 0.05) is 17.5 Å². The molecule has 0 spiro atoms. The average molecular weight is 430 g/mol. The molecule has 1 N–H and O–H groups in total. The van der Waals surface area contributed by atoms with Gasteiger partial charge in [-0.15, -0.1) is 10.2 Å². The lowest BCUT2D eigenvalue weighted by atomic mass is 10.2. The summed E-state index contributed by atoms with van der Waals surface area (Å²) in [6.07, 6.45) is 2.11. The molecule has 4 aromatic rings.